The molecule has 1 unspecified atom stereocenters. The molecule has 9 heteroatoms. The molecule has 128 valence electrons. The molecule has 0 radical (unpaired) electrons. The summed E-state index contributed by atoms with van der Waals surface area (Å²) in [5, 5.41) is 9.41. The number of H-pyrrole nitrogens is 1. The zero-order valence-electron chi connectivity index (χ0n) is 12.2. The molecule has 0 saturated carbocycles. The number of carbonyl (C=O) groups is 2. The number of carbonyl (C=O) groups excluding carboxylic acids is 1. The van der Waals surface area contributed by atoms with Crippen molar-refractivity contribution in [1.29, 1.82) is 0 Å². The van der Waals surface area contributed by atoms with Crippen molar-refractivity contribution in [2.75, 3.05) is 13.1 Å². The quantitative estimate of drug-likeness (QED) is 0.823. The van der Waals surface area contributed by atoms with Gasteiger partial charge in [0.1, 0.15) is 11.5 Å². The molecule has 24 heavy (non-hydrogen) atoms. The van der Waals surface area contributed by atoms with E-state index in [-0.39, 0.29) is 12.2 Å². The normalized spacial score (nSPS) is 21.4. The lowest BCUT2D eigenvalue weighted by Crippen LogP contribution is -2.47. The topological polar surface area (TPSA) is 73.4 Å². The van der Waals surface area contributed by atoms with Crippen molar-refractivity contribution >= 4 is 22.8 Å². The summed E-state index contributed by atoms with van der Waals surface area (Å²) in [5.41, 5.74) is -2.51. The van der Waals surface area contributed by atoms with Crippen LogP contribution in [-0.4, -0.2) is 46.1 Å². The average molecular weight is 344 g/mol. The summed E-state index contributed by atoms with van der Waals surface area (Å²) in [6.45, 7) is -1.28. The van der Waals surface area contributed by atoms with Crippen molar-refractivity contribution in [1.82, 2.24) is 9.88 Å². The van der Waals surface area contributed by atoms with Crippen LogP contribution < -0.4 is 0 Å². The first-order chi connectivity index (χ1) is 11.1. The highest BCUT2D eigenvalue weighted by Crippen LogP contribution is 2.46. The first-order valence-corrected chi connectivity index (χ1v) is 7.02. The van der Waals surface area contributed by atoms with Crippen LogP contribution in [0.3, 0.4) is 0 Å². The molecule has 5 nitrogen and oxygen atoms in total. The number of hydrogen-bond donors (Lipinski definition) is 2. The molecule has 1 atom stereocenters. The number of alkyl halides is 3. The summed E-state index contributed by atoms with van der Waals surface area (Å²) in [6, 6.07) is 5.10. The number of amides is 1. The number of aromatic nitrogens is 1. The number of fused-ring (bicyclic) bond motifs is 1. The molecule has 1 fully saturated rings. The van der Waals surface area contributed by atoms with Gasteiger partial charge in [0, 0.05) is 24.0 Å². The summed E-state index contributed by atoms with van der Waals surface area (Å²) in [5.74, 6) is -3.26. The summed E-state index contributed by atoms with van der Waals surface area (Å²) in [6.07, 6.45) is -5.66. The highest BCUT2D eigenvalue weighted by Gasteiger charge is 2.64. The highest BCUT2D eigenvalue weighted by molar-refractivity contribution is 5.98. The zero-order valence-corrected chi connectivity index (χ0v) is 12.2. The number of aromatic amines is 1. The fourth-order valence-electron chi connectivity index (χ4n) is 2.90. The van der Waals surface area contributed by atoms with Crippen molar-refractivity contribution in [3.8, 4) is 0 Å². The summed E-state index contributed by atoms with van der Waals surface area (Å²) in [7, 11) is 0. The van der Waals surface area contributed by atoms with Crippen LogP contribution in [-0.2, 0) is 4.79 Å². The Labute approximate surface area is 132 Å². The molecule has 0 spiro atoms. The average Bonchev–Trinajstić information content (AvgIpc) is 3.10. The standard InChI is InChI=1S/C15H12F4N2O3/c16-9-1-2-10-8(5-9)6-11(20-10)12(22)21-4-3-14(7-21,13(23)24)15(17,18)19/h1-2,5-6,20H,3-4,7H2,(H,23,24). The number of nitrogens with zero attached hydrogens (tertiary/aromatic N) is 1. The van der Waals surface area contributed by atoms with E-state index in [0.717, 1.165) is 4.90 Å². The van der Waals surface area contributed by atoms with Crippen molar-refractivity contribution in [3.63, 3.8) is 0 Å². The van der Waals surface area contributed by atoms with Crippen LogP contribution >= 0.6 is 0 Å². The number of halogens is 4. The minimum absolute atomic E-state index is 0.0148. The summed E-state index contributed by atoms with van der Waals surface area (Å²) in [4.78, 5) is 27.1. The van der Waals surface area contributed by atoms with Crippen LogP contribution in [0.25, 0.3) is 10.9 Å². The highest BCUT2D eigenvalue weighted by atomic mass is 19.4. The molecule has 2 aromatic rings. The van der Waals surface area contributed by atoms with E-state index >= 15 is 0 Å². The van der Waals surface area contributed by atoms with Gasteiger partial charge in [0.05, 0.1) is 0 Å². The SMILES string of the molecule is O=C(c1cc2cc(F)ccc2[nH]1)N1CCC(C(=O)O)(C(F)(F)F)C1. The van der Waals surface area contributed by atoms with Crippen molar-refractivity contribution in [2.45, 2.75) is 12.6 Å². The lowest BCUT2D eigenvalue weighted by Gasteiger charge is -2.27. The second-order valence-electron chi connectivity index (χ2n) is 5.78. The monoisotopic (exact) mass is 344 g/mol. The van der Waals surface area contributed by atoms with Gasteiger partial charge >= 0.3 is 12.1 Å². The first kappa shape index (κ1) is 16.3. The van der Waals surface area contributed by atoms with Crippen LogP contribution in [0.2, 0.25) is 0 Å². The molecule has 1 aromatic carbocycles. The summed E-state index contributed by atoms with van der Waals surface area (Å²) < 4.78 is 52.6. The molecule has 0 aliphatic carbocycles. The molecule has 2 heterocycles. The van der Waals surface area contributed by atoms with E-state index in [1.165, 1.54) is 24.3 Å². The fourth-order valence-corrected chi connectivity index (χ4v) is 2.90. The number of benzene rings is 1. The van der Waals surface area contributed by atoms with Crippen molar-refractivity contribution < 1.29 is 32.3 Å². The Morgan fingerprint density at radius 3 is 2.54 bits per heavy atom. The van der Waals surface area contributed by atoms with Gasteiger partial charge in [-0.1, -0.05) is 0 Å². The molecule has 2 N–H and O–H groups in total. The first-order valence-electron chi connectivity index (χ1n) is 7.02. The Morgan fingerprint density at radius 1 is 1.25 bits per heavy atom. The Bertz CT molecular complexity index is 830. The number of hydrogen-bond acceptors (Lipinski definition) is 2. The minimum atomic E-state index is -4.96. The van der Waals surface area contributed by atoms with E-state index in [1.54, 1.807) is 0 Å². The third-order valence-corrected chi connectivity index (χ3v) is 4.32. The van der Waals surface area contributed by atoms with Crippen molar-refractivity contribution in [3.05, 3.63) is 35.8 Å². The number of carboxylic acid groups (broad SMARTS) is 1. The lowest BCUT2D eigenvalue weighted by molar-refractivity contribution is -0.227. The maximum absolute atomic E-state index is 13.2. The molecule has 1 aliphatic rings. The Balaban J connectivity index is 1.89. The Morgan fingerprint density at radius 2 is 1.96 bits per heavy atom. The predicted octanol–water partition coefficient (Wildman–Crippen LogP) is 2.79. The molecule has 3 rings (SSSR count). The van der Waals surface area contributed by atoms with Crippen LogP contribution in [0, 0.1) is 11.2 Å². The molecule has 1 amide bonds. The molecule has 1 saturated heterocycles. The third kappa shape index (κ3) is 2.40. The van der Waals surface area contributed by atoms with E-state index < -0.39 is 42.3 Å². The molecule has 1 aromatic heterocycles. The molecular formula is C15H12F4N2O3. The number of carboxylic acids is 1. The molecule has 1 aliphatic heterocycles. The van der Waals surface area contributed by atoms with E-state index in [2.05, 4.69) is 4.98 Å². The van der Waals surface area contributed by atoms with Gasteiger partial charge < -0.3 is 15.0 Å². The van der Waals surface area contributed by atoms with Gasteiger partial charge in [-0.05, 0) is 30.7 Å². The van der Waals surface area contributed by atoms with Crippen molar-refractivity contribution in [2.24, 2.45) is 5.41 Å². The van der Waals surface area contributed by atoms with E-state index in [9.17, 15) is 27.2 Å². The maximum Gasteiger partial charge on any atom is 0.406 e. The second-order valence-corrected chi connectivity index (χ2v) is 5.78. The van der Waals surface area contributed by atoms with Crippen LogP contribution in [0.1, 0.15) is 16.9 Å². The van der Waals surface area contributed by atoms with Crippen LogP contribution in [0.4, 0.5) is 17.6 Å². The van der Waals surface area contributed by atoms with Gasteiger partial charge in [0.2, 0.25) is 0 Å². The lowest BCUT2D eigenvalue weighted by atomic mass is 9.86. The number of likely N-dealkylation sites (tertiary alicyclic amines) is 1. The van der Waals surface area contributed by atoms with Gasteiger partial charge in [-0.3, -0.25) is 9.59 Å². The fraction of sp³-hybridized carbons (Fsp3) is 0.333. The van der Waals surface area contributed by atoms with E-state index in [4.69, 9.17) is 5.11 Å². The Hall–Kier alpha value is -2.58. The van der Waals surface area contributed by atoms with Gasteiger partial charge in [-0.15, -0.1) is 0 Å². The van der Waals surface area contributed by atoms with Gasteiger partial charge in [-0.25, -0.2) is 4.39 Å². The second kappa shape index (κ2) is 5.22. The predicted molar refractivity (Wildman–Crippen MR) is 74.9 cm³/mol. The van der Waals surface area contributed by atoms with Gasteiger partial charge in [0.15, 0.2) is 5.41 Å². The number of aliphatic carboxylic acids is 1. The van der Waals surface area contributed by atoms with Gasteiger partial charge in [-0.2, -0.15) is 13.2 Å². The Kier molecular flexibility index (Phi) is 3.54. The van der Waals surface area contributed by atoms with Crippen LogP contribution in [0.15, 0.2) is 24.3 Å². The zero-order chi connectivity index (χ0) is 17.7. The smallest absolute Gasteiger partial charge is 0.406 e. The van der Waals surface area contributed by atoms with E-state index in [0.29, 0.717) is 10.9 Å². The summed E-state index contributed by atoms with van der Waals surface area (Å²) >= 11 is 0. The molecular weight excluding hydrogens is 332 g/mol. The number of rotatable bonds is 2. The molecule has 0 bridgehead atoms. The number of nitrogens with one attached hydrogen (secondary N) is 1. The van der Waals surface area contributed by atoms with Crippen LogP contribution in [0.5, 0.6) is 0 Å². The maximum atomic E-state index is 13.2. The largest absolute Gasteiger partial charge is 0.481 e. The third-order valence-electron chi connectivity index (χ3n) is 4.32. The van der Waals surface area contributed by atoms with Gasteiger partial charge in [0.25, 0.3) is 5.91 Å². The minimum Gasteiger partial charge on any atom is -0.481 e. The van der Waals surface area contributed by atoms with E-state index in [1.807, 2.05) is 0 Å².